The lowest BCUT2D eigenvalue weighted by atomic mass is 9.88. The summed E-state index contributed by atoms with van der Waals surface area (Å²) in [4.78, 5) is 16.5. The fourth-order valence-corrected chi connectivity index (χ4v) is 13.6. The van der Waals surface area contributed by atoms with E-state index >= 15 is 0 Å². The quantitative estimate of drug-likeness (QED) is 0.109. The third kappa shape index (κ3) is 13.6. The van der Waals surface area contributed by atoms with E-state index in [2.05, 4.69) is 35.9 Å². The number of benzene rings is 5. The van der Waals surface area contributed by atoms with E-state index in [9.17, 15) is 30.0 Å². The molecule has 0 aliphatic heterocycles. The number of hydrogen-bond donors (Lipinski definition) is 3. The van der Waals surface area contributed by atoms with Crippen molar-refractivity contribution in [1.82, 2.24) is 27.9 Å². The second-order valence-corrected chi connectivity index (χ2v) is 26.9. The van der Waals surface area contributed by atoms with Gasteiger partial charge in [0.1, 0.15) is 51.8 Å². The molecular weight excluding hydrogens is 1360 g/mol. The molecule has 0 spiro atoms. The van der Waals surface area contributed by atoms with Crippen molar-refractivity contribution in [3.8, 4) is 56.0 Å². The Morgan fingerprint density at radius 3 is 1.31 bits per heavy atom. The monoisotopic (exact) mass is 1410 g/mol. The Kier molecular flexibility index (Phi) is 19.0. The maximum absolute atomic E-state index is 14.3. The van der Waals surface area contributed by atoms with Crippen molar-refractivity contribution in [2.24, 2.45) is 0 Å². The van der Waals surface area contributed by atoms with Crippen molar-refractivity contribution >= 4 is 117 Å². The molecule has 0 aliphatic carbocycles. The number of aryl methyl sites for hydroxylation is 5. The topological polar surface area (TPSA) is 212 Å². The SMILES string of the molecule is Cc1ccc(-c2cnc3[nH]cc(-c4cccc(F)c4Cl)c3c2)o1.Cc1ccc(B(O)O)o1.Cc1ccc(S(=O)(=O)n2cc(-c3cccc(F)c3Cl)c3cc(-c4ccc(C)o4)cnc32)cc1.Cc1ccc(S(=O)(=O)n2cc(-c3cccc(F)c3Cl)c3cc(Br)cnc32)cc1. The first-order valence-electron chi connectivity index (χ1n) is 28.1. The van der Waals surface area contributed by atoms with Crippen molar-refractivity contribution in [2.45, 2.75) is 44.4 Å². The van der Waals surface area contributed by atoms with Gasteiger partial charge in [-0.05, 0) is 148 Å². The van der Waals surface area contributed by atoms with Gasteiger partial charge in [-0.1, -0.05) is 107 Å². The predicted octanol–water partition coefficient (Wildman–Crippen LogP) is 17.3. The van der Waals surface area contributed by atoms with Crippen molar-refractivity contribution in [3.63, 3.8) is 0 Å². The van der Waals surface area contributed by atoms with E-state index in [4.69, 9.17) is 58.1 Å². The molecule has 470 valence electrons. The lowest BCUT2D eigenvalue weighted by molar-refractivity contribution is 0.407. The molecule has 15 nitrogen and oxygen atoms in total. The van der Waals surface area contributed by atoms with Gasteiger partial charge < -0.3 is 28.3 Å². The van der Waals surface area contributed by atoms with E-state index < -0.39 is 44.6 Å². The minimum absolute atomic E-state index is 0.0748. The number of fused-ring (bicyclic) bond motifs is 3. The maximum Gasteiger partial charge on any atom is 0.526 e. The summed E-state index contributed by atoms with van der Waals surface area (Å²) in [6.45, 7) is 9.23. The largest absolute Gasteiger partial charge is 0.526 e. The fraction of sp³-hybridized carbons (Fsp3) is 0.0735. The van der Waals surface area contributed by atoms with Crippen molar-refractivity contribution < 1.29 is 53.3 Å². The Hall–Kier alpha value is -8.97. The third-order valence-corrected chi connectivity index (χ3v) is 19.6. The summed E-state index contributed by atoms with van der Waals surface area (Å²) in [7, 11) is -9.36. The van der Waals surface area contributed by atoms with Gasteiger partial charge in [-0.3, -0.25) is 0 Å². The summed E-state index contributed by atoms with van der Waals surface area (Å²) < 4.78 is 115. The molecular formula is C68H50BBrCl3F3N6O9S2. The number of aromatic amines is 1. The third-order valence-electron chi connectivity index (χ3n) is 14.7. The molecule has 14 aromatic rings. The summed E-state index contributed by atoms with van der Waals surface area (Å²) in [6.07, 6.45) is 9.47. The van der Waals surface area contributed by atoms with Gasteiger partial charge in [0.15, 0.2) is 11.3 Å². The van der Waals surface area contributed by atoms with E-state index in [1.54, 1.807) is 117 Å². The van der Waals surface area contributed by atoms with Crippen LogP contribution < -0.4 is 5.66 Å². The smallest absolute Gasteiger partial charge is 0.470 e. The second kappa shape index (κ2) is 26.9. The molecule has 0 amide bonds. The molecule has 0 aliphatic rings. The van der Waals surface area contributed by atoms with Crippen LogP contribution in [0.4, 0.5) is 13.2 Å². The van der Waals surface area contributed by atoms with E-state index in [1.807, 2.05) is 58.0 Å². The summed E-state index contributed by atoms with van der Waals surface area (Å²) in [5.74, 6) is 1.97. The van der Waals surface area contributed by atoms with E-state index in [1.165, 1.54) is 55.0 Å². The Morgan fingerprint density at radius 2 is 0.892 bits per heavy atom. The molecule has 0 unspecified atom stereocenters. The molecule has 14 rings (SSSR count). The molecule has 0 bridgehead atoms. The minimum Gasteiger partial charge on any atom is -0.470 e. The number of pyridine rings is 3. The molecule has 0 atom stereocenters. The zero-order chi connectivity index (χ0) is 66.2. The van der Waals surface area contributed by atoms with Gasteiger partial charge in [-0.15, -0.1) is 0 Å². The van der Waals surface area contributed by atoms with Gasteiger partial charge in [0, 0.05) is 102 Å². The van der Waals surface area contributed by atoms with Crippen LogP contribution in [0.5, 0.6) is 0 Å². The summed E-state index contributed by atoms with van der Waals surface area (Å²) in [6, 6.07) is 42.9. The Balaban J connectivity index is 0.000000135. The lowest BCUT2D eigenvalue weighted by Gasteiger charge is -2.07. The van der Waals surface area contributed by atoms with Gasteiger partial charge >= 0.3 is 7.12 Å². The van der Waals surface area contributed by atoms with Crippen LogP contribution in [0.1, 0.15) is 28.4 Å². The Morgan fingerprint density at radius 1 is 0.484 bits per heavy atom. The van der Waals surface area contributed by atoms with Gasteiger partial charge in [-0.25, -0.2) is 52.9 Å². The molecule has 0 radical (unpaired) electrons. The second-order valence-electron chi connectivity index (χ2n) is 21.2. The first kappa shape index (κ1) is 65.5. The molecule has 5 aromatic carbocycles. The van der Waals surface area contributed by atoms with Crippen LogP contribution >= 0.6 is 50.7 Å². The van der Waals surface area contributed by atoms with E-state index in [0.717, 1.165) is 52.9 Å². The highest BCUT2D eigenvalue weighted by atomic mass is 79.9. The fourth-order valence-electron chi connectivity index (χ4n) is 9.98. The van der Waals surface area contributed by atoms with Crippen LogP contribution in [-0.4, -0.2) is 61.9 Å². The van der Waals surface area contributed by atoms with Crippen LogP contribution in [0.2, 0.25) is 15.1 Å². The first-order valence-corrected chi connectivity index (χ1v) is 32.9. The lowest BCUT2D eigenvalue weighted by Crippen LogP contribution is -2.27. The van der Waals surface area contributed by atoms with Crippen LogP contribution in [0.3, 0.4) is 0 Å². The number of nitrogens with zero attached hydrogens (tertiary/aromatic N) is 5. The molecule has 0 fully saturated rings. The van der Waals surface area contributed by atoms with Gasteiger partial charge in [0.25, 0.3) is 20.0 Å². The first-order chi connectivity index (χ1) is 44.4. The number of rotatable bonds is 10. The Bertz CT molecular complexity index is 5370. The summed E-state index contributed by atoms with van der Waals surface area (Å²) >= 11 is 21.9. The molecule has 25 heteroatoms. The van der Waals surface area contributed by atoms with E-state index in [0.29, 0.717) is 65.8 Å². The maximum atomic E-state index is 14.3. The van der Waals surface area contributed by atoms with Crippen molar-refractivity contribution in [2.75, 3.05) is 0 Å². The number of nitrogens with one attached hydrogen (secondary N) is 1. The minimum atomic E-state index is -3.97. The van der Waals surface area contributed by atoms with Crippen molar-refractivity contribution in [3.05, 3.63) is 260 Å². The summed E-state index contributed by atoms with van der Waals surface area (Å²) in [5, 5.41) is 18.8. The molecule has 0 saturated carbocycles. The molecule has 9 aromatic heterocycles. The highest BCUT2D eigenvalue weighted by Crippen LogP contribution is 2.41. The number of hydrogen-bond acceptors (Lipinski definition) is 12. The highest BCUT2D eigenvalue weighted by molar-refractivity contribution is 9.10. The average Bonchev–Trinajstić information content (AvgIpc) is 1.61. The molecule has 93 heavy (non-hydrogen) atoms. The molecule has 9 heterocycles. The number of halogens is 7. The van der Waals surface area contributed by atoms with Gasteiger partial charge in [0.2, 0.25) is 0 Å². The van der Waals surface area contributed by atoms with Crippen LogP contribution in [0.15, 0.2) is 222 Å². The average molecular weight is 1410 g/mol. The standard InChI is InChI=1S/C25H18ClFN2O3S.C20H13BrClFN2O2S.C18H12ClFN2O.C5H7BO3/c1-15-6-9-18(10-7-15)33(30,31)29-14-21(19-4-3-5-22(27)24(19)26)20-12-17(13-28-25(20)29)23-11-8-16(2)32-23;1-12-5-7-14(8-6-12)28(26,27)25-11-17(15-3-2-4-18(23)19(15)22)16-9-13(21)10-24-20(16)25;1-10-5-6-16(23-10)11-7-13-14(9-22-18(13)21-8-11)12-3-2-4-15(20)17(12)19;1-4-2-3-5(9-4)6(7)8/h3-14H,1-2H3;2-11H,1H3;2-9H,1H3,(H,21,22);2-3,7-8H,1H3. The predicted molar refractivity (Wildman–Crippen MR) is 360 cm³/mol. The number of aromatic nitrogens is 6. The number of furan rings is 3. The zero-order valence-electron chi connectivity index (χ0n) is 49.5. The van der Waals surface area contributed by atoms with Gasteiger partial charge in [-0.2, -0.15) is 0 Å². The van der Waals surface area contributed by atoms with Crippen molar-refractivity contribution in [1.29, 1.82) is 0 Å². The zero-order valence-corrected chi connectivity index (χ0v) is 55.0. The van der Waals surface area contributed by atoms with Crippen LogP contribution in [-0.2, 0) is 20.0 Å². The number of H-pyrrole nitrogens is 1. The normalized spacial score (nSPS) is 11.5. The highest BCUT2D eigenvalue weighted by Gasteiger charge is 2.27. The molecule has 0 saturated heterocycles. The summed E-state index contributed by atoms with van der Waals surface area (Å²) in [5.41, 5.74) is 7.88. The van der Waals surface area contributed by atoms with Gasteiger partial charge in [0.05, 0.1) is 30.6 Å². The molecule has 3 N–H and O–H groups in total. The van der Waals surface area contributed by atoms with E-state index in [-0.39, 0.29) is 41.8 Å². The van der Waals surface area contributed by atoms with Crippen LogP contribution in [0.25, 0.3) is 89.1 Å². The van der Waals surface area contributed by atoms with Crippen LogP contribution in [0, 0.1) is 52.1 Å². The Labute approximate surface area is 554 Å².